The van der Waals surface area contributed by atoms with Crippen LogP contribution in [0, 0.1) is 11.8 Å². The summed E-state index contributed by atoms with van der Waals surface area (Å²) in [5.41, 5.74) is 0. The molecule has 0 fully saturated rings. The van der Waals surface area contributed by atoms with Crippen LogP contribution in [0.25, 0.3) is 0 Å². The Morgan fingerprint density at radius 3 is 2.45 bits per heavy atom. The topological polar surface area (TPSA) is 52.6 Å². The predicted molar refractivity (Wildman–Crippen MR) is 77.3 cm³/mol. The van der Waals surface area contributed by atoms with E-state index < -0.39 is 17.9 Å². The van der Waals surface area contributed by atoms with Gasteiger partial charge in [0.1, 0.15) is 0 Å². The number of ether oxygens (including phenoxy) is 2. The summed E-state index contributed by atoms with van der Waals surface area (Å²) in [6.07, 6.45) is 6.13. The number of esters is 2. The van der Waals surface area contributed by atoms with Crippen molar-refractivity contribution in [2.45, 2.75) is 46.0 Å². The van der Waals surface area contributed by atoms with Gasteiger partial charge in [-0.15, -0.1) is 0 Å². The van der Waals surface area contributed by atoms with Crippen molar-refractivity contribution >= 4 is 23.5 Å². The Bertz CT molecular complexity index is 347. The molecule has 0 radical (unpaired) electrons. The Morgan fingerprint density at radius 2 is 1.90 bits per heavy atom. The van der Waals surface area contributed by atoms with Crippen LogP contribution in [0.4, 0.5) is 0 Å². The first-order valence-electron chi connectivity index (χ1n) is 7.26. The van der Waals surface area contributed by atoms with E-state index in [1.54, 1.807) is 13.8 Å². The molecule has 1 atom stereocenters. The van der Waals surface area contributed by atoms with Gasteiger partial charge in [0.25, 0.3) is 0 Å². The lowest BCUT2D eigenvalue weighted by Crippen LogP contribution is -2.30. The van der Waals surface area contributed by atoms with Gasteiger partial charge in [-0.05, 0) is 51.9 Å². The monoisotopic (exact) mass is 302 g/mol. The van der Waals surface area contributed by atoms with Crippen molar-refractivity contribution in [1.29, 1.82) is 0 Å². The molecular weight excluding hydrogens is 280 g/mol. The SMILES string of the molecule is CCOC(=O)C(CC1CCCC=C(Cl)C1)C(=O)OCC. The van der Waals surface area contributed by atoms with E-state index in [0.717, 1.165) is 30.7 Å². The zero-order valence-corrected chi connectivity index (χ0v) is 12.9. The first kappa shape index (κ1) is 17.0. The summed E-state index contributed by atoms with van der Waals surface area (Å²) in [5.74, 6) is -1.59. The average Bonchev–Trinajstić information content (AvgIpc) is 2.60. The van der Waals surface area contributed by atoms with Crippen molar-refractivity contribution in [3.8, 4) is 0 Å². The van der Waals surface area contributed by atoms with Gasteiger partial charge in [0.05, 0.1) is 13.2 Å². The molecule has 1 aliphatic rings. The normalized spacial score (nSPS) is 19.2. The van der Waals surface area contributed by atoms with Crippen molar-refractivity contribution in [2.75, 3.05) is 13.2 Å². The second-order valence-electron chi connectivity index (χ2n) is 4.94. The zero-order chi connectivity index (χ0) is 15.0. The average molecular weight is 303 g/mol. The zero-order valence-electron chi connectivity index (χ0n) is 12.2. The molecule has 0 saturated heterocycles. The summed E-state index contributed by atoms with van der Waals surface area (Å²) in [4.78, 5) is 23.9. The summed E-state index contributed by atoms with van der Waals surface area (Å²) in [7, 11) is 0. The Kier molecular flexibility index (Phi) is 7.67. The molecular formula is C15H23ClO4. The number of carbonyl (C=O) groups is 2. The van der Waals surface area contributed by atoms with Crippen molar-refractivity contribution in [1.82, 2.24) is 0 Å². The van der Waals surface area contributed by atoms with Gasteiger partial charge in [-0.3, -0.25) is 9.59 Å². The van der Waals surface area contributed by atoms with E-state index in [4.69, 9.17) is 21.1 Å². The van der Waals surface area contributed by atoms with Crippen molar-refractivity contribution in [2.24, 2.45) is 11.8 Å². The lowest BCUT2D eigenvalue weighted by molar-refractivity contribution is -0.162. The maximum atomic E-state index is 11.9. The van der Waals surface area contributed by atoms with E-state index in [1.165, 1.54) is 0 Å². The van der Waals surface area contributed by atoms with Crippen molar-refractivity contribution in [3.05, 3.63) is 11.1 Å². The van der Waals surface area contributed by atoms with Crippen LogP contribution in [0.3, 0.4) is 0 Å². The van der Waals surface area contributed by atoms with E-state index in [9.17, 15) is 9.59 Å². The van der Waals surface area contributed by atoms with Crippen LogP contribution in [-0.4, -0.2) is 25.2 Å². The Balaban J connectivity index is 2.70. The highest BCUT2D eigenvalue weighted by atomic mass is 35.5. The molecule has 0 heterocycles. The number of halogens is 1. The minimum atomic E-state index is -0.831. The van der Waals surface area contributed by atoms with Gasteiger partial charge < -0.3 is 9.47 Å². The van der Waals surface area contributed by atoms with Gasteiger partial charge in [0.2, 0.25) is 0 Å². The molecule has 1 unspecified atom stereocenters. The molecule has 0 bridgehead atoms. The van der Waals surface area contributed by atoms with Crippen LogP contribution in [0.5, 0.6) is 0 Å². The van der Waals surface area contributed by atoms with Crippen LogP contribution >= 0.6 is 11.6 Å². The molecule has 0 N–H and O–H groups in total. The lowest BCUT2D eigenvalue weighted by Gasteiger charge is -2.20. The first-order chi connectivity index (χ1) is 9.58. The Labute approximate surface area is 125 Å². The molecule has 0 aromatic carbocycles. The van der Waals surface area contributed by atoms with Crippen LogP contribution in [0.2, 0.25) is 0 Å². The van der Waals surface area contributed by atoms with Crippen molar-refractivity contribution in [3.63, 3.8) is 0 Å². The van der Waals surface area contributed by atoms with Gasteiger partial charge in [-0.1, -0.05) is 17.7 Å². The van der Waals surface area contributed by atoms with E-state index >= 15 is 0 Å². The molecule has 0 spiro atoms. The largest absolute Gasteiger partial charge is 0.465 e. The lowest BCUT2D eigenvalue weighted by atomic mass is 9.89. The van der Waals surface area contributed by atoms with Gasteiger partial charge in [0.15, 0.2) is 5.92 Å². The fraction of sp³-hybridized carbons (Fsp3) is 0.733. The predicted octanol–water partition coefficient (Wildman–Crippen LogP) is 3.43. The third kappa shape index (κ3) is 5.53. The molecule has 114 valence electrons. The summed E-state index contributed by atoms with van der Waals surface area (Å²) in [6, 6.07) is 0. The fourth-order valence-corrected chi connectivity index (χ4v) is 2.76. The van der Waals surface area contributed by atoms with E-state index in [2.05, 4.69) is 0 Å². The van der Waals surface area contributed by atoms with Gasteiger partial charge in [0, 0.05) is 5.03 Å². The minimum Gasteiger partial charge on any atom is -0.465 e. The number of carbonyl (C=O) groups excluding carboxylic acids is 2. The van der Waals surface area contributed by atoms with Crippen molar-refractivity contribution < 1.29 is 19.1 Å². The summed E-state index contributed by atoms with van der Waals surface area (Å²) in [5, 5.41) is 0.818. The molecule has 0 aromatic rings. The maximum absolute atomic E-state index is 11.9. The standard InChI is InChI=1S/C15H23ClO4/c1-3-19-14(17)13(15(18)20-4-2)10-11-7-5-6-8-12(16)9-11/h8,11,13H,3-7,9-10H2,1-2H3. The number of allylic oxidation sites excluding steroid dienone is 2. The third-order valence-corrected chi connectivity index (χ3v) is 3.69. The van der Waals surface area contributed by atoms with E-state index in [1.807, 2.05) is 6.08 Å². The molecule has 1 aliphatic carbocycles. The molecule has 1 rings (SSSR count). The number of hydrogen-bond donors (Lipinski definition) is 0. The molecule has 5 heteroatoms. The van der Waals surface area contributed by atoms with Crippen LogP contribution in [0.15, 0.2) is 11.1 Å². The highest BCUT2D eigenvalue weighted by molar-refractivity contribution is 6.29. The summed E-state index contributed by atoms with van der Waals surface area (Å²) in [6.45, 7) is 3.98. The van der Waals surface area contributed by atoms with Gasteiger partial charge in [-0.25, -0.2) is 0 Å². The number of rotatable bonds is 6. The second-order valence-corrected chi connectivity index (χ2v) is 5.43. The van der Waals surface area contributed by atoms with Crippen LogP contribution in [-0.2, 0) is 19.1 Å². The maximum Gasteiger partial charge on any atom is 0.320 e. The van der Waals surface area contributed by atoms with Gasteiger partial charge in [-0.2, -0.15) is 0 Å². The third-order valence-electron chi connectivity index (χ3n) is 3.38. The molecule has 0 saturated carbocycles. The molecule has 0 amide bonds. The quantitative estimate of drug-likeness (QED) is 0.557. The summed E-state index contributed by atoms with van der Waals surface area (Å²) >= 11 is 6.11. The molecule has 0 aromatic heterocycles. The van der Waals surface area contributed by atoms with E-state index in [0.29, 0.717) is 6.42 Å². The summed E-state index contributed by atoms with van der Waals surface area (Å²) < 4.78 is 9.97. The first-order valence-corrected chi connectivity index (χ1v) is 7.64. The smallest absolute Gasteiger partial charge is 0.320 e. The number of hydrogen-bond acceptors (Lipinski definition) is 4. The van der Waals surface area contributed by atoms with Crippen LogP contribution < -0.4 is 0 Å². The molecule has 4 nitrogen and oxygen atoms in total. The Morgan fingerprint density at radius 1 is 1.30 bits per heavy atom. The second kappa shape index (κ2) is 9.01. The van der Waals surface area contributed by atoms with Gasteiger partial charge >= 0.3 is 11.9 Å². The fourth-order valence-electron chi connectivity index (χ4n) is 2.44. The molecule has 0 aliphatic heterocycles. The highest BCUT2D eigenvalue weighted by Crippen LogP contribution is 2.31. The van der Waals surface area contributed by atoms with E-state index in [-0.39, 0.29) is 19.1 Å². The highest BCUT2D eigenvalue weighted by Gasteiger charge is 2.32. The Hall–Kier alpha value is -1.03. The molecule has 20 heavy (non-hydrogen) atoms. The minimum absolute atomic E-state index is 0.222. The van der Waals surface area contributed by atoms with Crippen LogP contribution in [0.1, 0.15) is 46.0 Å².